The van der Waals surface area contributed by atoms with E-state index >= 15 is 0 Å². The molecule has 0 radical (unpaired) electrons. The van der Waals surface area contributed by atoms with Crippen LogP contribution in [0, 0.1) is 5.92 Å². The Morgan fingerprint density at radius 3 is 2.71 bits per heavy atom. The number of hydrogen-bond acceptors (Lipinski definition) is 3. The molecule has 1 fully saturated rings. The fourth-order valence-electron chi connectivity index (χ4n) is 1.34. The van der Waals surface area contributed by atoms with Crippen molar-refractivity contribution in [1.29, 1.82) is 0 Å². The third-order valence-corrected chi connectivity index (χ3v) is 2.34. The highest BCUT2D eigenvalue weighted by Crippen LogP contribution is 2.28. The maximum Gasteiger partial charge on any atom is 0.189 e. The Kier molecular flexibility index (Phi) is 5.21. The lowest BCUT2D eigenvalue weighted by Crippen LogP contribution is -2.45. The van der Waals surface area contributed by atoms with Crippen LogP contribution in [0.1, 0.15) is 33.6 Å². The Morgan fingerprint density at radius 1 is 1.53 bits per heavy atom. The minimum atomic E-state index is -0.575. The largest absolute Gasteiger partial charge is 0.389 e. The molecule has 0 aromatic rings. The predicted molar refractivity (Wildman–Crippen MR) is 68.9 cm³/mol. The van der Waals surface area contributed by atoms with Crippen molar-refractivity contribution in [3.05, 3.63) is 0 Å². The monoisotopic (exact) mass is 243 g/mol. The number of nitrogens with zero attached hydrogens (tertiary/aromatic N) is 1. The lowest BCUT2D eigenvalue weighted by molar-refractivity contribution is 0.0368. The van der Waals surface area contributed by atoms with Gasteiger partial charge in [-0.05, 0) is 39.5 Å². The summed E-state index contributed by atoms with van der Waals surface area (Å²) in [6.45, 7) is 7.39. The first kappa shape index (κ1) is 14.3. The maximum atomic E-state index is 9.61. The molecule has 1 rings (SSSR count). The van der Waals surface area contributed by atoms with Gasteiger partial charge in [0.1, 0.15) is 0 Å². The standard InChI is InChI=1S/C12H25N3O2/c1-12(2,3)15-11(13)14-6-10(16)8-17-7-9-4-5-9/h9-10,16H,4-8H2,1-3H3,(H3,13,14,15). The molecule has 0 aliphatic heterocycles. The second-order valence-corrected chi connectivity index (χ2v) is 5.74. The van der Waals surface area contributed by atoms with E-state index in [4.69, 9.17) is 10.5 Å². The van der Waals surface area contributed by atoms with Crippen LogP contribution in [-0.2, 0) is 4.74 Å². The normalized spacial score (nSPS) is 19.2. The van der Waals surface area contributed by atoms with Crippen molar-refractivity contribution in [2.75, 3.05) is 19.8 Å². The van der Waals surface area contributed by atoms with Crippen molar-refractivity contribution in [3.63, 3.8) is 0 Å². The summed E-state index contributed by atoms with van der Waals surface area (Å²) in [5, 5.41) is 12.6. The average molecular weight is 243 g/mol. The molecule has 1 aliphatic rings. The van der Waals surface area contributed by atoms with Crippen molar-refractivity contribution < 1.29 is 9.84 Å². The molecule has 5 heteroatoms. The molecule has 0 amide bonds. The first-order valence-corrected chi connectivity index (χ1v) is 6.21. The van der Waals surface area contributed by atoms with Crippen LogP contribution >= 0.6 is 0 Å². The van der Waals surface area contributed by atoms with E-state index in [9.17, 15) is 5.11 Å². The van der Waals surface area contributed by atoms with E-state index < -0.39 is 6.10 Å². The number of nitrogens with two attached hydrogens (primary N) is 1. The number of guanidine groups is 1. The quantitative estimate of drug-likeness (QED) is 0.468. The molecule has 5 nitrogen and oxygen atoms in total. The highest BCUT2D eigenvalue weighted by Gasteiger charge is 2.21. The van der Waals surface area contributed by atoms with Gasteiger partial charge in [-0.2, -0.15) is 0 Å². The highest BCUT2D eigenvalue weighted by molar-refractivity contribution is 5.78. The van der Waals surface area contributed by atoms with Crippen molar-refractivity contribution in [2.45, 2.75) is 45.3 Å². The van der Waals surface area contributed by atoms with Gasteiger partial charge in [0.05, 0.1) is 19.3 Å². The third-order valence-electron chi connectivity index (χ3n) is 2.34. The Hall–Kier alpha value is -0.810. The molecule has 4 N–H and O–H groups in total. The fraction of sp³-hybridized carbons (Fsp3) is 0.917. The number of nitrogens with one attached hydrogen (secondary N) is 1. The summed E-state index contributed by atoms with van der Waals surface area (Å²) >= 11 is 0. The number of aliphatic imine (C=N–C) groups is 1. The molecule has 0 saturated heterocycles. The maximum absolute atomic E-state index is 9.61. The predicted octanol–water partition coefficient (Wildman–Crippen LogP) is 0.477. The van der Waals surface area contributed by atoms with Crippen molar-refractivity contribution in [3.8, 4) is 0 Å². The van der Waals surface area contributed by atoms with E-state index in [2.05, 4.69) is 10.3 Å². The van der Waals surface area contributed by atoms with E-state index in [0.717, 1.165) is 12.5 Å². The van der Waals surface area contributed by atoms with E-state index in [1.165, 1.54) is 12.8 Å². The number of aliphatic hydroxyl groups excluding tert-OH is 1. The van der Waals surface area contributed by atoms with Gasteiger partial charge < -0.3 is 20.9 Å². The van der Waals surface area contributed by atoms with Crippen LogP contribution < -0.4 is 11.1 Å². The van der Waals surface area contributed by atoms with Gasteiger partial charge in [-0.15, -0.1) is 0 Å². The summed E-state index contributed by atoms with van der Waals surface area (Å²) in [5.74, 6) is 1.08. The van der Waals surface area contributed by atoms with Gasteiger partial charge in [-0.3, -0.25) is 4.99 Å². The molecule has 100 valence electrons. The molecule has 0 aromatic carbocycles. The second kappa shape index (κ2) is 6.21. The van der Waals surface area contributed by atoms with Gasteiger partial charge in [0.25, 0.3) is 0 Å². The van der Waals surface area contributed by atoms with Gasteiger partial charge in [0.15, 0.2) is 5.96 Å². The summed E-state index contributed by atoms with van der Waals surface area (Å²) in [5.41, 5.74) is 5.57. The lowest BCUT2D eigenvalue weighted by Gasteiger charge is -2.21. The molecule has 1 unspecified atom stereocenters. The van der Waals surface area contributed by atoms with Gasteiger partial charge in [0, 0.05) is 12.1 Å². The first-order valence-electron chi connectivity index (χ1n) is 6.21. The van der Waals surface area contributed by atoms with E-state index in [0.29, 0.717) is 12.6 Å². The Labute approximate surface area is 103 Å². The molecule has 1 atom stereocenters. The van der Waals surface area contributed by atoms with Gasteiger partial charge >= 0.3 is 0 Å². The van der Waals surface area contributed by atoms with Crippen LogP contribution in [0.5, 0.6) is 0 Å². The minimum absolute atomic E-state index is 0.110. The smallest absolute Gasteiger partial charge is 0.189 e. The summed E-state index contributed by atoms with van der Waals surface area (Å²) in [6, 6.07) is 0. The molecule has 17 heavy (non-hydrogen) atoms. The summed E-state index contributed by atoms with van der Waals surface area (Å²) < 4.78 is 5.37. The molecule has 0 bridgehead atoms. The van der Waals surface area contributed by atoms with Crippen LogP contribution in [0.3, 0.4) is 0 Å². The minimum Gasteiger partial charge on any atom is -0.389 e. The Morgan fingerprint density at radius 2 is 2.18 bits per heavy atom. The number of hydrogen-bond donors (Lipinski definition) is 3. The summed E-state index contributed by atoms with van der Waals surface area (Å²) in [7, 11) is 0. The Bertz CT molecular complexity index is 257. The van der Waals surface area contributed by atoms with Crippen LogP contribution in [-0.4, -0.2) is 42.5 Å². The summed E-state index contributed by atoms with van der Waals surface area (Å²) in [4.78, 5) is 4.08. The van der Waals surface area contributed by atoms with Crippen LogP contribution in [0.25, 0.3) is 0 Å². The van der Waals surface area contributed by atoms with Crippen LogP contribution in [0.2, 0.25) is 0 Å². The topological polar surface area (TPSA) is 79.9 Å². The van der Waals surface area contributed by atoms with E-state index in [1.54, 1.807) is 0 Å². The van der Waals surface area contributed by atoms with Crippen molar-refractivity contribution in [2.24, 2.45) is 16.6 Å². The van der Waals surface area contributed by atoms with Gasteiger partial charge in [0.2, 0.25) is 0 Å². The number of rotatable bonds is 6. The molecule has 1 aliphatic carbocycles. The zero-order chi connectivity index (χ0) is 12.9. The molecule has 0 spiro atoms. The molecular weight excluding hydrogens is 218 g/mol. The van der Waals surface area contributed by atoms with Crippen LogP contribution in [0.15, 0.2) is 4.99 Å². The van der Waals surface area contributed by atoms with E-state index in [1.807, 2.05) is 20.8 Å². The third kappa shape index (κ3) is 7.99. The molecule has 1 saturated carbocycles. The fourth-order valence-corrected chi connectivity index (χ4v) is 1.34. The second-order valence-electron chi connectivity index (χ2n) is 5.74. The SMILES string of the molecule is CC(C)(C)NC(N)=NCC(O)COCC1CC1. The van der Waals surface area contributed by atoms with Gasteiger partial charge in [-0.1, -0.05) is 0 Å². The lowest BCUT2D eigenvalue weighted by atomic mass is 10.1. The van der Waals surface area contributed by atoms with Crippen molar-refractivity contribution >= 4 is 5.96 Å². The zero-order valence-electron chi connectivity index (χ0n) is 11.1. The molecule has 0 heterocycles. The van der Waals surface area contributed by atoms with E-state index in [-0.39, 0.29) is 12.1 Å². The average Bonchev–Trinajstić information content (AvgIpc) is 2.96. The number of ether oxygens (including phenoxy) is 1. The zero-order valence-corrected chi connectivity index (χ0v) is 11.1. The van der Waals surface area contributed by atoms with Crippen molar-refractivity contribution in [1.82, 2.24) is 5.32 Å². The summed E-state index contributed by atoms with van der Waals surface area (Å²) in [6.07, 6.45) is 1.95. The molecule has 0 aromatic heterocycles. The molecular formula is C12H25N3O2. The highest BCUT2D eigenvalue weighted by atomic mass is 16.5. The van der Waals surface area contributed by atoms with Crippen LogP contribution in [0.4, 0.5) is 0 Å². The number of aliphatic hydroxyl groups is 1. The first-order chi connectivity index (χ1) is 7.87. The Balaban J connectivity index is 2.11. The van der Waals surface area contributed by atoms with Gasteiger partial charge in [-0.25, -0.2) is 0 Å².